The molecule has 0 atom stereocenters. The number of aromatic nitrogens is 2. The first-order chi connectivity index (χ1) is 8.11. The number of aliphatic carboxylic acids is 1. The number of rotatable bonds is 5. The van der Waals surface area contributed by atoms with E-state index in [4.69, 9.17) is 5.11 Å². The molecule has 0 unspecified atom stereocenters. The summed E-state index contributed by atoms with van der Waals surface area (Å²) in [6.45, 7) is 2.55. The van der Waals surface area contributed by atoms with E-state index in [1.807, 2.05) is 6.92 Å². The van der Waals surface area contributed by atoms with Gasteiger partial charge in [-0.2, -0.15) is 0 Å². The minimum absolute atomic E-state index is 0.0875. The number of nitrogens with zero attached hydrogens (tertiary/aromatic N) is 2. The Labute approximate surface area is 100 Å². The van der Waals surface area contributed by atoms with Crippen LogP contribution in [0.1, 0.15) is 31.4 Å². The maximum Gasteiger partial charge on any atom is 0.303 e. The van der Waals surface area contributed by atoms with Gasteiger partial charge in [0.1, 0.15) is 5.82 Å². The average molecular weight is 235 g/mol. The van der Waals surface area contributed by atoms with Crippen LogP contribution in [0.4, 0.5) is 5.82 Å². The van der Waals surface area contributed by atoms with Crippen LogP contribution in [0, 0.1) is 12.3 Å². The van der Waals surface area contributed by atoms with Gasteiger partial charge in [0.2, 0.25) is 0 Å². The van der Waals surface area contributed by atoms with Gasteiger partial charge in [-0.05, 0) is 25.2 Å². The smallest absolute Gasteiger partial charge is 0.303 e. The molecule has 17 heavy (non-hydrogen) atoms. The Balaban J connectivity index is 1.97. The Hall–Kier alpha value is -1.65. The lowest BCUT2D eigenvalue weighted by molar-refractivity contribution is -0.141. The van der Waals surface area contributed by atoms with Crippen molar-refractivity contribution in [2.24, 2.45) is 5.41 Å². The summed E-state index contributed by atoms with van der Waals surface area (Å²) >= 11 is 0. The summed E-state index contributed by atoms with van der Waals surface area (Å²) < 4.78 is 0. The van der Waals surface area contributed by atoms with Gasteiger partial charge in [-0.15, -0.1) is 0 Å². The third-order valence-electron chi connectivity index (χ3n) is 3.45. The number of hydrogen-bond acceptors (Lipinski definition) is 4. The molecule has 1 aliphatic rings. The largest absolute Gasteiger partial charge is 0.481 e. The SMILES string of the molecule is Cc1nccnc1NCC1(CC(=O)O)CCC1. The molecule has 0 aromatic carbocycles. The van der Waals surface area contributed by atoms with Crippen molar-refractivity contribution in [3.05, 3.63) is 18.1 Å². The second-order valence-electron chi connectivity index (χ2n) is 4.77. The Morgan fingerprint density at radius 1 is 1.47 bits per heavy atom. The summed E-state index contributed by atoms with van der Waals surface area (Å²) in [4.78, 5) is 19.2. The zero-order valence-electron chi connectivity index (χ0n) is 9.94. The van der Waals surface area contributed by atoms with Gasteiger partial charge in [-0.3, -0.25) is 9.78 Å². The van der Waals surface area contributed by atoms with Crippen molar-refractivity contribution in [1.29, 1.82) is 0 Å². The molecule has 1 heterocycles. The average Bonchev–Trinajstić information content (AvgIpc) is 2.23. The number of nitrogens with one attached hydrogen (secondary N) is 1. The zero-order valence-corrected chi connectivity index (χ0v) is 9.94. The number of anilines is 1. The molecule has 0 spiro atoms. The Kier molecular flexibility index (Phi) is 3.26. The number of carboxylic acid groups (broad SMARTS) is 1. The second-order valence-corrected chi connectivity index (χ2v) is 4.77. The molecular formula is C12H17N3O2. The number of carboxylic acids is 1. The molecule has 1 aromatic rings. The quantitative estimate of drug-likeness (QED) is 0.814. The summed E-state index contributed by atoms with van der Waals surface area (Å²) in [5, 5.41) is 12.1. The Morgan fingerprint density at radius 2 is 2.18 bits per heavy atom. The van der Waals surface area contributed by atoms with Crippen LogP contribution in [0.15, 0.2) is 12.4 Å². The minimum Gasteiger partial charge on any atom is -0.481 e. The highest BCUT2D eigenvalue weighted by Crippen LogP contribution is 2.43. The van der Waals surface area contributed by atoms with Crippen LogP contribution >= 0.6 is 0 Å². The number of hydrogen-bond donors (Lipinski definition) is 2. The summed E-state index contributed by atoms with van der Waals surface area (Å²) in [5.41, 5.74) is 0.757. The minimum atomic E-state index is -0.720. The van der Waals surface area contributed by atoms with Gasteiger partial charge in [0.15, 0.2) is 0 Å². The molecule has 2 N–H and O–H groups in total. The Bertz CT molecular complexity index is 416. The van der Waals surface area contributed by atoms with Crippen LogP contribution in [0.3, 0.4) is 0 Å². The van der Waals surface area contributed by atoms with Crippen LogP contribution in [-0.4, -0.2) is 27.6 Å². The second kappa shape index (κ2) is 4.69. The van der Waals surface area contributed by atoms with E-state index in [1.54, 1.807) is 12.4 Å². The van der Waals surface area contributed by atoms with Gasteiger partial charge >= 0.3 is 5.97 Å². The van der Waals surface area contributed by atoms with Crippen LogP contribution in [0.25, 0.3) is 0 Å². The molecule has 1 saturated carbocycles. The summed E-state index contributed by atoms with van der Waals surface area (Å²) in [6, 6.07) is 0. The van der Waals surface area contributed by atoms with E-state index in [0.717, 1.165) is 30.8 Å². The van der Waals surface area contributed by atoms with Crippen molar-refractivity contribution < 1.29 is 9.90 Å². The molecule has 5 heteroatoms. The lowest BCUT2D eigenvalue weighted by Crippen LogP contribution is -2.38. The molecule has 0 saturated heterocycles. The first-order valence-corrected chi connectivity index (χ1v) is 5.85. The van der Waals surface area contributed by atoms with E-state index in [2.05, 4.69) is 15.3 Å². The first-order valence-electron chi connectivity index (χ1n) is 5.85. The molecule has 0 amide bonds. The third-order valence-corrected chi connectivity index (χ3v) is 3.45. The maximum absolute atomic E-state index is 10.8. The lowest BCUT2D eigenvalue weighted by Gasteiger charge is -2.41. The van der Waals surface area contributed by atoms with E-state index in [-0.39, 0.29) is 11.8 Å². The van der Waals surface area contributed by atoms with Crippen molar-refractivity contribution in [1.82, 2.24) is 9.97 Å². The lowest BCUT2D eigenvalue weighted by atomic mass is 9.66. The maximum atomic E-state index is 10.8. The van der Waals surface area contributed by atoms with Crippen LogP contribution in [-0.2, 0) is 4.79 Å². The molecule has 1 fully saturated rings. The van der Waals surface area contributed by atoms with Gasteiger partial charge < -0.3 is 10.4 Å². The van der Waals surface area contributed by atoms with E-state index < -0.39 is 5.97 Å². The standard InChI is InChI=1S/C12H17N3O2/c1-9-11(14-6-5-13-9)15-8-12(3-2-4-12)7-10(16)17/h5-6H,2-4,7-8H2,1H3,(H,14,15)(H,16,17). The molecule has 5 nitrogen and oxygen atoms in total. The summed E-state index contributed by atoms with van der Waals surface area (Å²) in [6.07, 6.45) is 6.60. The van der Waals surface area contributed by atoms with Crippen molar-refractivity contribution in [2.75, 3.05) is 11.9 Å². The molecule has 0 bridgehead atoms. The molecule has 1 aliphatic carbocycles. The molecule has 0 radical (unpaired) electrons. The molecule has 92 valence electrons. The predicted molar refractivity (Wildman–Crippen MR) is 63.8 cm³/mol. The first kappa shape index (κ1) is 11.8. The molecule has 1 aromatic heterocycles. The van der Waals surface area contributed by atoms with Gasteiger partial charge in [0, 0.05) is 18.9 Å². The van der Waals surface area contributed by atoms with Crippen molar-refractivity contribution in [3.8, 4) is 0 Å². The van der Waals surface area contributed by atoms with Crippen LogP contribution in [0.2, 0.25) is 0 Å². The molecular weight excluding hydrogens is 218 g/mol. The monoisotopic (exact) mass is 235 g/mol. The van der Waals surface area contributed by atoms with Gasteiger partial charge in [-0.25, -0.2) is 4.98 Å². The number of aryl methyl sites for hydroxylation is 1. The van der Waals surface area contributed by atoms with Crippen molar-refractivity contribution in [2.45, 2.75) is 32.6 Å². The summed E-state index contributed by atoms with van der Waals surface area (Å²) in [7, 11) is 0. The van der Waals surface area contributed by atoms with Gasteiger partial charge in [0.05, 0.1) is 12.1 Å². The van der Waals surface area contributed by atoms with Crippen molar-refractivity contribution >= 4 is 11.8 Å². The topological polar surface area (TPSA) is 75.1 Å². The molecule has 0 aliphatic heterocycles. The van der Waals surface area contributed by atoms with Crippen LogP contribution < -0.4 is 5.32 Å². The van der Waals surface area contributed by atoms with Gasteiger partial charge in [0.25, 0.3) is 0 Å². The Morgan fingerprint density at radius 3 is 2.71 bits per heavy atom. The third kappa shape index (κ3) is 2.72. The normalized spacial score (nSPS) is 17.2. The summed E-state index contributed by atoms with van der Waals surface area (Å²) in [5.74, 6) is 0.0338. The van der Waals surface area contributed by atoms with E-state index in [0.29, 0.717) is 6.54 Å². The highest BCUT2D eigenvalue weighted by Gasteiger charge is 2.38. The highest BCUT2D eigenvalue weighted by atomic mass is 16.4. The van der Waals surface area contributed by atoms with E-state index >= 15 is 0 Å². The highest BCUT2D eigenvalue weighted by molar-refractivity contribution is 5.68. The predicted octanol–water partition coefficient (Wildman–Crippen LogP) is 1.84. The fraction of sp³-hybridized carbons (Fsp3) is 0.583. The zero-order chi connectivity index (χ0) is 12.3. The van der Waals surface area contributed by atoms with E-state index in [9.17, 15) is 4.79 Å². The van der Waals surface area contributed by atoms with Crippen LogP contribution in [0.5, 0.6) is 0 Å². The van der Waals surface area contributed by atoms with Gasteiger partial charge in [-0.1, -0.05) is 6.42 Å². The van der Waals surface area contributed by atoms with Crippen molar-refractivity contribution in [3.63, 3.8) is 0 Å². The molecule has 2 rings (SSSR count). The fourth-order valence-corrected chi connectivity index (χ4v) is 2.27. The fourth-order valence-electron chi connectivity index (χ4n) is 2.27. The van der Waals surface area contributed by atoms with E-state index in [1.165, 1.54) is 0 Å². The number of carbonyl (C=O) groups is 1.